The molecule has 0 unspecified atom stereocenters. The molecule has 0 fully saturated rings. The van der Waals surface area contributed by atoms with Gasteiger partial charge in [0.1, 0.15) is 5.75 Å². The molecular weight excluding hydrogens is 186 g/mol. The maximum Gasteiger partial charge on any atom is 0.122 e. The maximum absolute atomic E-state index is 5.54. The van der Waals surface area contributed by atoms with E-state index in [1.807, 2.05) is 38.3 Å². The zero-order valence-corrected chi connectivity index (χ0v) is 9.71. The van der Waals surface area contributed by atoms with E-state index >= 15 is 0 Å². The van der Waals surface area contributed by atoms with Gasteiger partial charge in [-0.2, -0.15) is 0 Å². The molecule has 15 heavy (non-hydrogen) atoms. The van der Waals surface area contributed by atoms with Crippen LogP contribution < -0.4 is 10.1 Å². The van der Waals surface area contributed by atoms with Gasteiger partial charge in [-0.05, 0) is 50.2 Å². The molecule has 0 saturated heterocycles. The smallest absolute Gasteiger partial charge is 0.122 e. The molecule has 0 saturated carbocycles. The lowest BCUT2D eigenvalue weighted by Gasteiger charge is -2.10. The lowest BCUT2D eigenvalue weighted by Crippen LogP contribution is -1.97. The van der Waals surface area contributed by atoms with Gasteiger partial charge >= 0.3 is 0 Å². The molecule has 0 aliphatic rings. The number of hydrogen-bond acceptors (Lipinski definition) is 2. The number of ether oxygens (including phenoxy) is 1. The van der Waals surface area contributed by atoms with Crippen molar-refractivity contribution < 1.29 is 4.74 Å². The fraction of sp³-hybridized carbons (Fsp3) is 0.385. The van der Waals surface area contributed by atoms with E-state index in [2.05, 4.69) is 18.3 Å². The average Bonchev–Trinajstić information content (AvgIpc) is 2.28. The molecule has 0 aliphatic heterocycles. The Labute approximate surface area is 92.0 Å². The van der Waals surface area contributed by atoms with Crippen molar-refractivity contribution in [2.75, 3.05) is 11.9 Å². The molecular formula is C13H19NO. The minimum Gasteiger partial charge on any atom is -0.494 e. The van der Waals surface area contributed by atoms with Crippen LogP contribution in [0.2, 0.25) is 0 Å². The molecule has 1 aromatic rings. The monoisotopic (exact) mass is 205 g/mol. The summed E-state index contributed by atoms with van der Waals surface area (Å²) in [6, 6.07) is 6.18. The first-order valence-electron chi connectivity index (χ1n) is 5.45. The highest BCUT2D eigenvalue weighted by molar-refractivity contribution is 5.52. The summed E-state index contributed by atoms with van der Waals surface area (Å²) in [7, 11) is 0. The number of aryl methyl sites for hydroxylation is 1. The molecule has 0 aromatic heterocycles. The number of nitrogens with one attached hydrogen (secondary N) is 1. The van der Waals surface area contributed by atoms with Gasteiger partial charge in [0, 0.05) is 5.69 Å². The van der Waals surface area contributed by atoms with Crippen molar-refractivity contribution in [2.24, 2.45) is 0 Å². The van der Waals surface area contributed by atoms with E-state index in [4.69, 9.17) is 4.74 Å². The van der Waals surface area contributed by atoms with Crippen LogP contribution >= 0.6 is 0 Å². The zero-order chi connectivity index (χ0) is 11.1. The van der Waals surface area contributed by atoms with Gasteiger partial charge in [-0.15, -0.1) is 0 Å². The predicted octanol–water partition coefficient (Wildman–Crippen LogP) is 3.59. The number of hydrogen-bond donors (Lipinski definition) is 1. The Bertz CT molecular complexity index is 331. The van der Waals surface area contributed by atoms with Gasteiger partial charge in [-0.25, -0.2) is 0 Å². The molecule has 2 nitrogen and oxygen atoms in total. The van der Waals surface area contributed by atoms with E-state index in [1.54, 1.807) is 0 Å². The van der Waals surface area contributed by atoms with Crippen molar-refractivity contribution in [1.82, 2.24) is 0 Å². The molecule has 0 bridgehead atoms. The highest BCUT2D eigenvalue weighted by Crippen LogP contribution is 2.23. The maximum atomic E-state index is 5.54. The van der Waals surface area contributed by atoms with Gasteiger partial charge in [0.15, 0.2) is 0 Å². The van der Waals surface area contributed by atoms with Crippen molar-refractivity contribution in [3.05, 3.63) is 36.0 Å². The molecule has 1 rings (SSSR count). The van der Waals surface area contributed by atoms with Crippen molar-refractivity contribution in [3.63, 3.8) is 0 Å². The third-order valence-electron chi connectivity index (χ3n) is 2.16. The van der Waals surface area contributed by atoms with Crippen LogP contribution in [0.5, 0.6) is 5.75 Å². The number of anilines is 1. The summed E-state index contributed by atoms with van der Waals surface area (Å²) >= 11 is 0. The number of benzene rings is 1. The number of allylic oxidation sites excluding steroid dienone is 1. The molecule has 0 spiro atoms. The molecule has 0 aliphatic carbocycles. The standard InChI is InChI=1S/C13H19NO/c1-4-9-14-12-7-8-13(15-6-3)11(5-2)10-12/h4,7-10,14H,5-6H2,1-3H3. The average molecular weight is 205 g/mol. The predicted molar refractivity (Wildman–Crippen MR) is 65.4 cm³/mol. The van der Waals surface area contributed by atoms with Crippen LogP contribution in [-0.2, 0) is 6.42 Å². The summed E-state index contributed by atoms with van der Waals surface area (Å²) < 4.78 is 5.54. The summed E-state index contributed by atoms with van der Waals surface area (Å²) in [5.74, 6) is 0.992. The van der Waals surface area contributed by atoms with Gasteiger partial charge in [-0.1, -0.05) is 13.0 Å². The molecule has 1 N–H and O–H groups in total. The third kappa shape index (κ3) is 3.31. The Kier molecular flexibility index (Phi) is 4.75. The van der Waals surface area contributed by atoms with Gasteiger partial charge in [0.2, 0.25) is 0 Å². The topological polar surface area (TPSA) is 21.3 Å². The van der Waals surface area contributed by atoms with E-state index in [1.165, 1.54) is 5.56 Å². The van der Waals surface area contributed by atoms with E-state index in [0.29, 0.717) is 6.61 Å². The highest BCUT2D eigenvalue weighted by Gasteiger charge is 2.01. The molecule has 2 heteroatoms. The Morgan fingerprint density at radius 2 is 2.13 bits per heavy atom. The first kappa shape index (κ1) is 11.6. The van der Waals surface area contributed by atoms with Crippen LogP contribution in [0.15, 0.2) is 30.5 Å². The van der Waals surface area contributed by atoms with Crippen molar-refractivity contribution in [2.45, 2.75) is 27.2 Å². The SMILES string of the molecule is CC=CNc1ccc(OCC)c(CC)c1. The third-order valence-corrected chi connectivity index (χ3v) is 2.16. The molecule has 82 valence electrons. The fourth-order valence-corrected chi connectivity index (χ4v) is 1.42. The lowest BCUT2D eigenvalue weighted by molar-refractivity contribution is 0.337. The minimum absolute atomic E-state index is 0.717. The Balaban J connectivity index is 2.86. The Morgan fingerprint density at radius 1 is 1.33 bits per heavy atom. The summed E-state index contributed by atoms with van der Waals surface area (Å²) in [5, 5.41) is 3.20. The van der Waals surface area contributed by atoms with E-state index in [-0.39, 0.29) is 0 Å². The van der Waals surface area contributed by atoms with Crippen molar-refractivity contribution in [3.8, 4) is 5.75 Å². The van der Waals surface area contributed by atoms with Gasteiger partial charge in [0.05, 0.1) is 6.61 Å². The Hall–Kier alpha value is -1.44. The summed E-state index contributed by atoms with van der Waals surface area (Å²) in [6.45, 7) is 6.85. The largest absolute Gasteiger partial charge is 0.494 e. The van der Waals surface area contributed by atoms with E-state index < -0.39 is 0 Å². The normalized spacial score (nSPS) is 10.6. The van der Waals surface area contributed by atoms with Crippen molar-refractivity contribution in [1.29, 1.82) is 0 Å². The molecule has 0 heterocycles. The Morgan fingerprint density at radius 3 is 2.73 bits per heavy atom. The summed E-state index contributed by atoms with van der Waals surface area (Å²) in [6.07, 6.45) is 4.89. The second-order valence-electron chi connectivity index (χ2n) is 3.25. The lowest BCUT2D eigenvalue weighted by atomic mass is 10.1. The fourth-order valence-electron chi connectivity index (χ4n) is 1.42. The van der Waals surface area contributed by atoms with Crippen LogP contribution in [0.3, 0.4) is 0 Å². The van der Waals surface area contributed by atoms with Gasteiger partial charge in [-0.3, -0.25) is 0 Å². The summed E-state index contributed by atoms with van der Waals surface area (Å²) in [5.41, 5.74) is 2.35. The van der Waals surface area contributed by atoms with Gasteiger partial charge < -0.3 is 10.1 Å². The minimum atomic E-state index is 0.717. The molecule has 0 atom stereocenters. The molecule has 0 amide bonds. The highest BCUT2D eigenvalue weighted by atomic mass is 16.5. The van der Waals surface area contributed by atoms with Crippen LogP contribution in [0.1, 0.15) is 26.3 Å². The van der Waals surface area contributed by atoms with Crippen LogP contribution in [0.4, 0.5) is 5.69 Å². The number of rotatable bonds is 5. The first-order chi connectivity index (χ1) is 7.31. The zero-order valence-electron chi connectivity index (χ0n) is 9.71. The van der Waals surface area contributed by atoms with E-state index in [0.717, 1.165) is 17.9 Å². The van der Waals surface area contributed by atoms with E-state index in [9.17, 15) is 0 Å². The molecule has 0 radical (unpaired) electrons. The second kappa shape index (κ2) is 6.12. The first-order valence-corrected chi connectivity index (χ1v) is 5.45. The van der Waals surface area contributed by atoms with Crippen LogP contribution in [-0.4, -0.2) is 6.61 Å². The summed E-state index contributed by atoms with van der Waals surface area (Å²) in [4.78, 5) is 0. The van der Waals surface area contributed by atoms with Crippen LogP contribution in [0.25, 0.3) is 0 Å². The van der Waals surface area contributed by atoms with Crippen LogP contribution in [0, 0.1) is 0 Å². The quantitative estimate of drug-likeness (QED) is 0.793. The van der Waals surface area contributed by atoms with Gasteiger partial charge in [0.25, 0.3) is 0 Å². The second-order valence-corrected chi connectivity index (χ2v) is 3.25. The van der Waals surface area contributed by atoms with Crippen molar-refractivity contribution >= 4 is 5.69 Å². The molecule has 1 aromatic carbocycles.